The van der Waals surface area contributed by atoms with Gasteiger partial charge in [-0.15, -0.1) is 0 Å². The molecule has 8 nitrogen and oxygen atoms in total. The molecule has 5 aromatic rings. The minimum atomic E-state index is -0.327. The van der Waals surface area contributed by atoms with Crippen LogP contribution in [-0.4, -0.2) is 46.5 Å². The predicted octanol–water partition coefficient (Wildman–Crippen LogP) is 6.86. The number of hydrogen-bond acceptors (Lipinski definition) is 7. The molecule has 4 heterocycles. The first kappa shape index (κ1) is 28.0. The Labute approximate surface area is 252 Å². The summed E-state index contributed by atoms with van der Waals surface area (Å²) in [7, 11) is 0. The van der Waals surface area contributed by atoms with Crippen molar-refractivity contribution in [3.63, 3.8) is 0 Å². The molecule has 3 aromatic carbocycles. The van der Waals surface area contributed by atoms with Gasteiger partial charge in [-0.25, -0.2) is 18.7 Å². The second-order valence-electron chi connectivity index (χ2n) is 11.4. The lowest BCUT2D eigenvalue weighted by molar-refractivity contribution is -0.958. The summed E-state index contributed by atoms with van der Waals surface area (Å²) in [4.78, 5) is 23.0. The Bertz CT molecular complexity index is 1690. The van der Waals surface area contributed by atoms with Crippen molar-refractivity contribution in [2.24, 2.45) is 5.92 Å². The molecule has 0 spiro atoms. The van der Waals surface area contributed by atoms with Crippen molar-refractivity contribution in [3.05, 3.63) is 108 Å². The number of ketones is 1. The Kier molecular flexibility index (Phi) is 7.43. The average Bonchev–Trinajstić information content (AvgIpc) is 3.71. The molecular weight excluding hydrogens is 568 g/mol. The summed E-state index contributed by atoms with van der Waals surface area (Å²) in [5, 5.41) is 0. The van der Waals surface area contributed by atoms with E-state index in [9.17, 15) is 13.6 Å². The summed E-state index contributed by atoms with van der Waals surface area (Å²) in [5.74, 6) is 1.41. The van der Waals surface area contributed by atoms with Crippen LogP contribution in [0.5, 0.6) is 11.5 Å². The second-order valence-corrected chi connectivity index (χ2v) is 11.4. The smallest absolute Gasteiger partial charge is 0.226 e. The van der Waals surface area contributed by atoms with E-state index in [2.05, 4.69) is 0 Å². The summed E-state index contributed by atoms with van der Waals surface area (Å²) < 4.78 is 50.4. The van der Waals surface area contributed by atoms with E-state index in [4.69, 9.17) is 28.3 Å². The molecule has 0 N–H and O–H groups in total. The number of quaternary nitrogens is 1. The Morgan fingerprint density at radius 3 is 1.80 bits per heavy atom. The summed E-state index contributed by atoms with van der Waals surface area (Å²) in [5.41, 5.74) is 3.51. The third kappa shape index (κ3) is 5.85. The minimum Gasteiger partial charge on any atom is -0.486 e. The quantitative estimate of drug-likeness (QED) is 0.143. The number of oxazole rings is 2. The van der Waals surface area contributed by atoms with E-state index in [1.807, 2.05) is 6.07 Å². The van der Waals surface area contributed by atoms with Crippen molar-refractivity contribution in [2.45, 2.75) is 25.9 Å². The number of piperidine rings is 1. The molecule has 1 fully saturated rings. The van der Waals surface area contributed by atoms with Gasteiger partial charge in [-0.1, -0.05) is 0 Å². The van der Waals surface area contributed by atoms with Gasteiger partial charge in [-0.3, -0.25) is 4.79 Å². The molecule has 44 heavy (non-hydrogen) atoms. The third-order valence-electron chi connectivity index (χ3n) is 8.38. The van der Waals surface area contributed by atoms with Gasteiger partial charge in [-0.2, -0.15) is 0 Å². The molecule has 2 aliphatic rings. The Balaban J connectivity index is 1.12. The zero-order valence-corrected chi connectivity index (χ0v) is 23.9. The first-order valence-electron chi connectivity index (χ1n) is 14.6. The highest BCUT2D eigenvalue weighted by atomic mass is 19.1. The van der Waals surface area contributed by atoms with Crippen LogP contribution >= 0.6 is 0 Å². The van der Waals surface area contributed by atoms with Crippen LogP contribution in [0.4, 0.5) is 8.78 Å². The molecular formula is C34H30F2N3O5+. The SMILES string of the molecule is O=C(c1ccc2c(c1)OCCO2)C1CC[N+](Cc2coc(-c3ccc(F)cc3)n2)(Cc2coc(-c3ccc(F)cc3)n2)CC1. The summed E-state index contributed by atoms with van der Waals surface area (Å²) >= 11 is 0. The summed E-state index contributed by atoms with van der Waals surface area (Å²) in [6.45, 7) is 3.47. The first-order chi connectivity index (χ1) is 21.4. The number of Topliss-reactive ketones (excluding diaryl/α,β-unsaturated/α-hetero) is 1. The number of likely N-dealkylation sites (tertiary alicyclic amines) is 1. The van der Waals surface area contributed by atoms with Gasteiger partial charge in [0, 0.05) is 35.4 Å². The fourth-order valence-corrected chi connectivity index (χ4v) is 6.08. The Morgan fingerprint density at radius 2 is 1.25 bits per heavy atom. The molecule has 1 saturated heterocycles. The van der Waals surface area contributed by atoms with E-state index in [0.717, 1.165) is 11.4 Å². The second kappa shape index (κ2) is 11.7. The topological polar surface area (TPSA) is 87.6 Å². The van der Waals surface area contributed by atoms with Crippen LogP contribution in [0, 0.1) is 17.6 Å². The molecule has 0 amide bonds. The van der Waals surface area contributed by atoms with Gasteiger partial charge in [-0.05, 0) is 66.7 Å². The Morgan fingerprint density at radius 1 is 0.727 bits per heavy atom. The normalized spacial score (nSPS) is 16.1. The first-order valence-corrected chi connectivity index (χ1v) is 14.6. The number of nitrogens with zero attached hydrogens (tertiary/aromatic N) is 3. The molecule has 224 valence electrons. The standard InChI is InChI=1S/C34H30F2N3O5/c35-26-6-1-23(2-7-26)33-37-28(20-43-33)18-39(19-29-21-44-34(38-29)24-3-8-27(36)9-4-24)13-11-22(12-14-39)32(40)25-5-10-30-31(17-25)42-16-15-41-30/h1-10,17,20-22H,11-16,18-19H2/q+1. The monoisotopic (exact) mass is 598 g/mol. The van der Waals surface area contributed by atoms with Crippen molar-refractivity contribution in [1.82, 2.24) is 9.97 Å². The van der Waals surface area contributed by atoms with E-state index < -0.39 is 0 Å². The summed E-state index contributed by atoms with van der Waals surface area (Å²) in [6, 6.07) is 17.4. The highest BCUT2D eigenvalue weighted by Gasteiger charge is 2.39. The zero-order chi connectivity index (χ0) is 30.1. The molecule has 0 saturated carbocycles. The number of aromatic nitrogens is 2. The van der Waals surface area contributed by atoms with E-state index in [-0.39, 0.29) is 23.3 Å². The van der Waals surface area contributed by atoms with Crippen molar-refractivity contribution in [1.29, 1.82) is 0 Å². The van der Waals surface area contributed by atoms with Crippen molar-refractivity contribution < 1.29 is 36.4 Å². The van der Waals surface area contributed by atoms with Gasteiger partial charge in [0.05, 0.1) is 13.1 Å². The van der Waals surface area contributed by atoms with Crippen LogP contribution in [0.2, 0.25) is 0 Å². The number of halogens is 2. The van der Waals surface area contributed by atoms with Gasteiger partial charge in [0.15, 0.2) is 17.3 Å². The van der Waals surface area contributed by atoms with Gasteiger partial charge in [0.25, 0.3) is 0 Å². The number of ether oxygens (including phenoxy) is 2. The average molecular weight is 599 g/mol. The predicted molar refractivity (Wildman–Crippen MR) is 156 cm³/mol. The van der Waals surface area contributed by atoms with E-state index >= 15 is 0 Å². The third-order valence-corrected chi connectivity index (χ3v) is 8.38. The molecule has 7 rings (SSSR count). The fourth-order valence-electron chi connectivity index (χ4n) is 6.08. The van der Waals surface area contributed by atoms with Crippen molar-refractivity contribution in [3.8, 4) is 34.4 Å². The number of benzene rings is 3. The van der Waals surface area contributed by atoms with Gasteiger partial charge in [0.2, 0.25) is 11.8 Å². The van der Waals surface area contributed by atoms with Gasteiger partial charge in [0.1, 0.15) is 61.9 Å². The number of carbonyl (C=O) groups is 1. The van der Waals surface area contributed by atoms with Crippen LogP contribution in [0.15, 0.2) is 88.1 Å². The number of hydrogen-bond donors (Lipinski definition) is 0. The molecule has 0 atom stereocenters. The maximum Gasteiger partial charge on any atom is 0.226 e. The van der Waals surface area contributed by atoms with Crippen molar-refractivity contribution >= 4 is 5.78 Å². The molecule has 0 aliphatic carbocycles. The van der Waals surface area contributed by atoms with Gasteiger partial charge < -0.3 is 22.8 Å². The van der Waals surface area contributed by atoms with E-state index in [1.54, 1.807) is 48.9 Å². The van der Waals surface area contributed by atoms with Crippen molar-refractivity contribution in [2.75, 3.05) is 26.3 Å². The van der Waals surface area contributed by atoms with Crippen LogP contribution in [0.1, 0.15) is 34.6 Å². The lowest BCUT2D eigenvalue weighted by atomic mass is 9.87. The minimum absolute atomic E-state index is 0.0971. The molecule has 10 heteroatoms. The fraction of sp³-hybridized carbons (Fsp3) is 0.265. The highest BCUT2D eigenvalue weighted by Crippen LogP contribution is 2.35. The lowest BCUT2D eigenvalue weighted by Crippen LogP contribution is -2.52. The maximum atomic E-state index is 13.6. The molecule has 0 unspecified atom stereocenters. The molecule has 2 aliphatic heterocycles. The van der Waals surface area contributed by atoms with Crippen LogP contribution in [0.25, 0.3) is 22.9 Å². The van der Waals surface area contributed by atoms with E-state index in [0.29, 0.717) is 96.7 Å². The van der Waals surface area contributed by atoms with Gasteiger partial charge >= 0.3 is 0 Å². The highest BCUT2D eigenvalue weighted by molar-refractivity contribution is 5.98. The van der Waals surface area contributed by atoms with Crippen LogP contribution < -0.4 is 9.47 Å². The molecule has 2 aromatic heterocycles. The Hall–Kier alpha value is -4.83. The van der Waals surface area contributed by atoms with Crippen LogP contribution in [-0.2, 0) is 13.1 Å². The molecule has 0 radical (unpaired) electrons. The lowest BCUT2D eigenvalue weighted by Gasteiger charge is -2.42. The summed E-state index contributed by atoms with van der Waals surface area (Å²) in [6.07, 6.45) is 4.63. The maximum absolute atomic E-state index is 13.6. The van der Waals surface area contributed by atoms with E-state index in [1.165, 1.54) is 24.3 Å². The number of rotatable bonds is 8. The largest absolute Gasteiger partial charge is 0.486 e. The zero-order valence-electron chi connectivity index (χ0n) is 23.9. The number of carbonyl (C=O) groups excluding carboxylic acids is 1. The van der Waals surface area contributed by atoms with Crippen LogP contribution in [0.3, 0.4) is 0 Å². The number of fused-ring (bicyclic) bond motifs is 1. The molecule has 0 bridgehead atoms.